The number of carbonyl (C=O) groups excluding carboxylic acids is 1. The van der Waals surface area contributed by atoms with Crippen LogP contribution in [0.1, 0.15) is 43.5 Å². The predicted molar refractivity (Wildman–Crippen MR) is 108 cm³/mol. The minimum Gasteiger partial charge on any atom is -0.377 e. The van der Waals surface area contributed by atoms with Gasteiger partial charge < -0.3 is 15.8 Å². The van der Waals surface area contributed by atoms with E-state index in [1.54, 1.807) is 0 Å². The minimum atomic E-state index is -3.62. The van der Waals surface area contributed by atoms with Crippen molar-refractivity contribution in [2.24, 2.45) is 11.7 Å². The third-order valence-corrected chi connectivity index (χ3v) is 5.77. The third-order valence-electron chi connectivity index (χ3n) is 4.33. The number of benzene rings is 1. The molecule has 0 spiro atoms. The van der Waals surface area contributed by atoms with E-state index < -0.39 is 10.0 Å². The van der Waals surface area contributed by atoms with E-state index in [0.29, 0.717) is 24.6 Å². The lowest BCUT2D eigenvalue weighted by molar-refractivity contribution is 0.0933. The summed E-state index contributed by atoms with van der Waals surface area (Å²) in [6, 6.07) is 5.80. The van der Waals surface area contributed by atoms with Gasteiger partial charge in [-0.05, 0) is 49.4 Å². The lowest BCUT2D eigenvalue weighted by Gasteiger charge is -2.19. The van der Waals surface area contributed by atoms with Crippen molar-refractivity contribution < 1.29 is 17.9 Å². The van der Waals surface area contributed by atoms with Gasteiger partial charge in [-0.25, -0.2) is 13.1 Å². The maximum atomic E-state index is 12.3. The molecule has 2 atom stereocenters. The Bertz CT molecular complexity index is 689. The van der Waals surface area contributed by atoms with E-state index in [1.165, 1.54) is 24.3 Å². The molecule has 4 N–H and O–H groups in total. The Labute approximate surface area is 167 Å². The lowest BCUT2D eigenvalue weighted by Crippen LogP contribution is -2.41. The highest BCUT2D eigenvalue weighted by Gasteiger charge is 2.21. The number of hydrogen-bond acceptors (Lipinski definition) is 5. The Morgan fingerprint density at radius 2 is 1.96 bits per heavy atom. The van der Waals surface area contributed by atoms with Crippen LogP contribution >= 0.6 is 12.4 Å². The van der Waals surface area contributed by atoms with Crippen molar-refractivity contribution in [2.45, 2.75) is 50.2 Å². The van der Waals surface area contributed by atoms with E-state index in [1.807, 2.05) is 0 Å². The maximum Gasteiger partial charge on any atom is 0.251 e. The van der Waals surface area contributed by atoms with Crippen LogP contribution in [0.2, 0.25) is 0 Å². The number of halogens is 1. The van der Waals surface area contributed by atoms with Crippen molar-refractivity contribution in [1.82, 2.24) is 10.0 Å². The molecule has 7 nitrogen and oxygen atoms in total. The van der Waals surface area contributed by atoms with Gasteiger partial charge in [0, 0.05) is 31.3 Å². The summed E-state index contributed by atoms with van der Waals surface area (Å²) in [6.07, 6.45) is 2.54. The van der Waals surface area contributed by atoms with E-state index in [2.05, 4.69) is 23.9 Å². The second-order valence-electron chi connectivity index (χ2n) is 7.05. The van der Waals surface area contributed by atoms with E-state index in [0.717, 1.165) is 19.3 Å². The first-order chi connectivity index (χ1) is 12.3. The largest absolute Gasteiger partial charge is 0.377 e. The Kier molecular flexibility index (Phi) is 9.69. The summed E-state index contributed by atoms with van der Waals surface area (Å²) in [5, 5.41) is 2.89. The molecule has 0 radical (unpaired) electrons. The number of carbonyl (C=O) groups is 1. The van der Waals surface area contributed by atoms with Gasteiger partial charge in [-0.3, -0.25) is 4.79 Å². The Morgan fingerprint density at radius 3 is 2.48 bits per heavy atom. The molecule has 2 unspecified atom stereocenters. The molecule has 1 heterocycles. The average molecular weight is 420 g/mol. The highest BCUT2D eigenvalue weighted by Crippen LogP contribution is 2.14. The molecule has 1 fully saturated rings. The Hall–Kier alpha value is -1.19. The summed E-state index contributed by atoms with van der Waals surface area (Å²) < 4.78 is 32.6. The molecule has 27 heavy (non-hydrogen) atoms. The van der Waals surface area contributed by atoms with Crippen LogP contribution < -0.4 is 15.8 Å². The fourth-order valence-electron chi connectivity index (χ4n) is 2.93. The van der Waals surface area contributed by atoms with E-state index in [9.17, 15) is 13.2 Å². The molecular weight excluding hydrogens is 390 g/mol. The van der Waals surface area contributed by atoms with Gasteiger partial charge in [0.15, 0.2) is 0 Å². The van der Waals surface area contributed by atoms with Crippen LogP contribution in [-0.4, -0.2) is 46.2 Å². The zero-order valence-electron chi connectivity index (χ0n) is 15.8. The van der Waals surface area contributed by atoms with Crippen molar-refractivity contribution in [3.05, 3.63) is 29.8 Å². The molecule has 1 amide bonds. The molecule has 0 bridgehead atoms. The van der Waals surface area contributed by atoms with Crippen molar-refractivity contribution in [3.63, 3.8) is 0 Å². The summed E-state index contributed by atoms with van der Waals surface area (Å²) in [4.78, 5) is 12.4. The second-order valence-corrected chi connectivity index (χ2v) is 8.81. The van der Waals surface area contributed by atoms with Gasteiger partial charge in [-0.1, -0.05) is 13.8 Å². The number of amides is 1. The Balaban J connectivity index is 0.00000364. The van der Waals surface area contributed by atoms with E-state index >= 15 is 0 Å². The van der Waals surface area contributed by atoms with Gasteiger partial charge in [-0.2, -0.15) is 0 Å². The number of sulfonamides is 1. The van der Waals surface area contributed by atoms with Gasteiger partial charge in [0.05, 0.1) is 11.0 Å². The first kappa shape index (κ1) is 23.8. The molecule has 154 valence electrons. The molecule has 1 saturated heterocycles. The highest BCUT2D eigenvalue weighted by molar-refractivity contribution is 7.89. The first-order valence-electron chi connectivity index (χ1n) is 9.04. The average Bonchev–Trinajstić information content (AvgIpc) is 3.12. The van der Waals surface area contributed by atoms with Crippen molar-refractivity contribution in [1.29, 1.82) is 0 Å². The second kappa shape index (κ2) is 11.0. The minimum absolute atomic E-state index is 0. The number of ether oxygens (including phenoxy) is 1. The van der Waals surface area contributed by atoms with Crippen molar-refractivity contribution in [2.75, 3.05) is 19.7 Å². The van der Waals surface area contributed by atoms with Crippen LogP contribution in [0.3, 0.4) is 0 Å². The molecule has 0 aromatic heterocycles. The summed E-state index contributed by atoms with van der Waals surface area (Å²) in [5.41, 5.74) is 6.11. The van der Waals surface area contributed by atoms with Gasteiger partial charge in [-0.15, -0.1) is 12.4 Å². The zero-order valence-corrected chi connectivity index (χ0v) is 17.4. The van der Waals surface area contributed by atoms with Crippen LogP contribution in [0, 0.1) is 5.92 Å². The Morgan fingerprint density at radius 1 is 1.30 bits per heavy atom. The molecule has 1 aromatic carbocycles. The molecule has 1 aliphatic rings. The SMILES string of the molecule is CC(C)CC(CN)NC(=O)c1ccc(S(=O)(=O)NCC2CCCO2)cc1.Cl. The highest BCUT2D eigenvalue weighted by atomic mass is 35.5. The van der Waals surface area contributed by atoms with Gasteiger partial charge >= 0.3 is 0 Å². The van der Waals surface area contributed by atoms with Crippen LogP contribution in [0.4, 0.5) is 0 Å². The van der Waals surface area contributed by atoms with Crippen LogP contribution in [0.15, 0.2) is 29.2 Å². The first-order valence-corrected chi connectivity index (χ1v) is 10.5. The molecular formula is C18H30ClN3O4S. The molecule has 2 rings (SSSR count). The summed E-state index contributed by atoms with van der Waals surface area (Å²) in [5.74, 6) is 0.170. The standard InChI is InChI=1S/C18H29N3O4S.ClH/c1-13(2)10-15(11-19)21-18(22)14-5-7-17(8-6-14)26(23,24)20-12-16-4-3-9-25-16;/h5-8,13,15-16,20H,3-4,9-12,19H2,1-2H3,(H,21,22);1H. The quantitative estimate of drug-likeness (QED) is 0.563. The monoisotopic (exact) mass is 419 g/mol. The van der Waals surface area contributed by atoms with Gasteiger partial charge in [0.25, 0.3) is 5.91 Å². The van der Waals surface area contributed by atoms with Crippen molar-refractivity contribution >= 4 is 28.3 Å². The number of nitrogens with one attached hydrogen (secondary N) is 2. The van der Waals surface area contributed by atoms with Gasteiger partial charge in [0.2, 0.25) is 10.0 Å². The molecule has 0 saturated carbocycles. The summed E-state index contributed by atoms with van der Waals surface area (Å²) in [6.45, 7) is 5.44. The van der Waals surface area contributed by atoms with E-state index in [4.69, 9.17) is 10.5 Å². The molecule has 1 aliphatic heterocycles. The lowest BCUT2D eigenvalue weighted by atomic mass is 10.0. The summed E-state index contributed by atoms with van der Waals surface area (Å²) in [7, 11) is -3.62. The van der Waals surface area contributed by atoms with Crippen molar-refractivity contribution in [3.8, 4) is 0 Å². The normalized spacial score (nSPS) is 18.1. The zero-order chi connectivity index (χ0) is 19.2. The predicted octanol–water partition coefficient (Wildman–Crippen LogP) is 1.67. The number of rotatable bonds is 9. The molecule has 1 aromatic rings. The smallest absolute Gasteiger partial charge is 0.251 e. The number of nitrogens with two attached hydrogens (primary N) is 1. The maximum absolute atomic E-state index is 12.3. The van der Waals surface area contributed by atoms with Crippen LogP contribution in [-0.2, 0) is 14.8 Å². The van der Waals surface area contributed by atoms with Crippen LogP contribution in [0.5, 0.6) is 0 Å². The summed E-state index contributed by atoms with van der Waals surface area (Å²) >= 11 is 0. The molecule has 0 aliphatic carbocycles. The van der Waals surface area contributed by atoms with Crippen LogP contribution in [0.25, 0.3) is 0 Å². The van der Waals surface area contributed by atoms with Gasteiger partial charge in [0.1, 0.15) is 0 Å². The number of hydrogen-bond donors (Lipinski definition) is 3. The fourth-order valence-corrected chi connectivity index (χ4v) is 3.99. The van der Waals surface area contributed by atoms with E-state index in [-0.39, 0.29) is 41.9 Å². The fraction of sp³-hybridized carbons (Fsp3) is 0.611. The third kappa shape index (κ3) is 7.38. The molecule has 9 heteroatoms. The topological polar surface area (TPSA) is 111 Å².